The Morgan fingerprint density at radius 3 is 2.21 bits per heavy atom. The number of benzene rings is 1. The first-order valence-electron chi connectivity index (χ1n) is 6.12. The van der Waals surface area contributed by atoms with Gasteiger partial charge in [0.05, 0.1) is 13.0 Å². The Hall–Kier alpha value is -2.04. The second-order valence-corrected chi connectivity index (χ2v) is 5.42. The van der Waals surface area contributed by atoms with Crippen molar-refractivity contribution in [3.8, 4) is 5.75 Å². The zero-order valence-electron chi connectivity index (χ0n) is 11.5. The third kappa shape index (κ3) is 6.45. The van der Waals surface area contributed by atoms with Crippen molar-refractivity contribution in [3.63, 3.8) is 0 Å². The first-order valence-corrected chi connectivity index (χ1v) is 6.12. The minimum Gasteiger partial charge on any atom is -0.508 e. The van der Waals surface area contributed by atoms with Crippen molar-refractivity contribution < 1.29 is 14.7 Å². The molecule has 104 valence electrons. The smallest absolute Gasteiger partial charge is 0.239 e. The Balaban J connectivity index is 2.36. The summed E-state index contributed by atoms with van der Waals surface area (Å²) in [6.07, 6.45) is 0.184. The highest BCUT2D eigenvalue weighted by Crippen LogP contribution is 2.09. The Labute approximate surface area is 113 Å². The molecule has 0 radical (unpaired) electrons. The van der Waals surface area contributed by atoms with Gasteiger partial charge in [-0.25, -0.2) is 0 Å². The second-order valence-electron chi connectivity index (χ2n) is 5.42. The summed E-state index contributed by atoms with van der Waals surface area (Å²) in [5.41, 5.74) is 0.477. The topological polar surface area (TPSA) is 78.4 Å². The second kappa shape index (κ2) is 6.22. The Morgan fingerprint density at radius 1 is 1.11 bits per heavy atom. The van der Waals surface area contributed by atoms with Crippen LogP contribution in [0.3, 0.4) is 0 Å². The Kier molecular flexibility index (Phi) is 4.92. The van der Waals surface area contributed by atoms with Crippen LogP contribution in [0.15, 0.2) is 24.3 Å². The van der Waals surface area contributed by atoms with Crippen molar-refractivity contribution in [1.82, 2.24) is 10.6 Å². The number of hydrogen-bond acceptors (Lipinski definition) is 3. The molecule has 0 fully saturated rings. The molecule has 0 aliphatic rings. The van der Waals surface area contributed by atoms with Crippen LogP contribution in [0.5, 0.6) is 5.75 Å². The molecular weight excluding hydrogens is 244 g/mol. The van der Waals surface area contributed by atoms with Crippen LogP contribution in [0.2, 0.25) is 0 Å². The number of nitrogens with one attached hydrogen (secondary N) is 2. The number of carbonyl (C=O) groups excluding carboxylic acids is 2. The highest BCUT2D eigenvalue weighted by molar-refractivity contribution is 5.85. The van der Waals surface area contributed by atoms with E-state index in [0.29, 0.717) is 0 Å². The highest BCUT2D eigenvalue weighted by atomic mass is 16.3. The molecule has 1 aromatic carbocycles. The van der Waals surface area contributed by atoms with E-state index in [2.05, 4.69) is 10.6 Å². The molecule has 5 nitrogen and oxygen atoms in total. The first kappa shape index (κ1) is 15.0. The lowest BCUT2D eigenvalue weighted by molar-refractivity contribution is -0.126. The Morgan fingerprint density at radius 2 is 1.68 bits per heavy atom. The third-order valence-corrected chi connectivity index (χ3v) is 2.26. The summed E-state index contributed by atoms with van der Waals surface area (Å²) >= 11 is 0. The predicted octanol–water partition coefficient (Wildman–Crippen LogP) is 0.966. The SMILES string of the molecule is CC(C)(C)NC(=O)CNC(=O)Cc1ccc(O)cc1. The van der Waals surface area contributed by atoms with E-state index >= 15 is 0 Å². The molecule has 0 aromatic heterocycles. The van der Waals surface area contributed by atoms with E-state index in [9.17, 15) is 9.59 Å². The molecule has 1 rings (SSSR count). The molecule has 0 atom stereocenters. The summed E-state index contributed by atoms with van der Waals surface area (Å²) in [6.45, 7) is 5.60. The van der Waals surface area contributed by atoms with Crippen molar-refractivity contribution in [1.29, 1.82) is 0 Å². The summed E-state index contributed by atoms with van der Waals surface area (Å²) in [5, 5.41) is 14.4. The molecule has 0 bridgehead atoms. The van der Waals surface area contributed by atoms with Gasteiger partial charge in [0.25, 0.3) is 0 Å². The standard InChI is InChI=1S/C14H20N2O3/c1-14(2,3)16-13(19)9-15-12(18)8-10-4-6-11(17)7-5-10/h4-7,17H,8-9H2,1-3H3,(H,15,18)(H,16,19). The summed E-state index contributed by atoms with van der Waals surface area (Å²) in [6, 6.07) is 6.39. The van der Waals surface area contributed by atoms with Crippen molar-refractivity contribution in [3.05, 3.63) is 29.8 Å². The van der Waals surface area contributed by atoms with Crippen LogP contribution < -0.4 is 10.6 Å². The van der Waals surface area contributed by atoms with Gasteiger partial charge in [-0.1, -0.05) is 12.1 Å². The summed E-state index contributed by atoms with van der Waals surface area (Å²) in [5.74, 6) is -0.282. The van der Waals surface area contributed by atoms with Gasteiger partial charge in [-0.2, -0.15) is 0 Å². The first-order chi connectivity index (χ1) is 8.76. The van der Waals surface area contributed by atoms with E-state index in [0.717, 1.165) is 5.56 Å². The van der Waals surface area contributed by atoms with Gasteiger partial charge in [-0.15, -0.1) is 0 Å². The molecule has 0 aliphatic carbocycles. The van der Waals surface area contributed by atoms with Gasteiger partial charge in [0.1, 0.15) is 5.75 Å². The van der Waals surface area contributed by atoms with Gasteiger partial charge in [0.15, 0.2) is 0 Å². The van der Waals surface area contributed by atoms with E-state index in [1.165, 1.54) is 12.1 Å². The van der Waals surface area contributed by atoms with Gasteiger partial charge in [0, 0.05) is 5.54 Å². The van der Waals surface area contributed by atoms with Crippen LogP contribution in [0.4, 0.5) is 0 Å². The maximum atomic E-state index is 11.6. The molecule has 0 aliphatic heterocycles. The molecule has 3 N–H and O–H groups in total. The summed E-state index contributed by atoms with van der Waals surface area (Å²) in [4.78, 5) is 23.1. The summed E-state index contributed by atoms with van der Waals surface area (Å²) < 4.78 is 0. The largest absolute Gasteiger partial charge is 0.508 e. The van der Waals surface area contributed by atoms with Gasteiger partial charge in [0.2, 0.25) is 11.8 Å². The fraction of sp³-hybridized carbons (Fsp3) is 0.429. The van der Waals surface area contributed by atoms with Gasteiger partial charge >= 0.3 is 0 Å². The minimum absolute atomic E-state index is 0.0335. The molecule has 0 saturated carbocycles. The quantitative estimate of drug-likeness (QED) is 0.758. The van der Waals surface area contributed by atoms with E-state index in [-0.39, 0.29) is 36.1 Å². The average Bonchev–Trinajstić information content (AvgIpc) is 2.27. The van der Waals surface area contributed by atoms with Crippen molar-refractivity contribution in [2.24, 2.45) is 0 Å². The molecule has 19 heavy (non-hydrogen) atoms. The van der Waals surface area contributed by atoms with E-state index in [1.54, 1.807) is 12.1 Å². The monoisotopic (exact) mass is 264 g/mol. The van der Waals surface area contributed by atoms with Crippen LogP contribution in [-0.2, 0) is 16.0 Å². The van der Waals surface area contributed by atoms with Crippen LogP contribution in [-0.4, -0.2) is 29.0 Å². The van der Waals surface area contributed by atoms with Crippen LogP contribution in [0.1, 0.15) is 26.3 Å². The zero-order chi connectivity index (χ0) is 14.5. The number of rotatable bonds is 4. The number of carbonyl (C=O) groups is 2. The lowest BCUT2D eigenvalue weighted by Gasteiger charge is -2.20. The number of hydrogen-bond donors (Lipinski definition) is 3. The van der Waals surface area contributed by atoms with Crippen LogP contribution in [0, 0.1) is 0 Å². The molecule has 0 unspecified atom stereocenters. The molecule has 0 saturated heterocycles. The van der Waals surface area contributed by atoms with E-state index in [4.69, 9.17) is 5.11 Å². The fourth-order valence-corrected chi connectivity index (χ4v) is 1.50. The Bertz CT molecular complexity index is 447. The molecule has 1 aromatic rings. The average molecular weight is 264 g/mol. The number of phenolic OH excluding ortho intramolecular Hbond substituents is 1. The third-order valence-electron chi connectivity index (χ3n) is 2.26. The number of phenols is 1. The van der Waals surface area contributed by atoms with Crippen molar-refractivity contribution >= 4 is 11.8 Å². The lowest BCUT2D eigenvalue weighted by Crippen LogP contribution is -2.46. The number of amides is 2. The minimum atomic E-state index is -0.307. The predicted molar refractivity (Wildman–Crippen MR) is 72.7 cm³/mol. The summed E-state index contributed by atoms with van der Waals surface area (Å²) in [7, 11) is 0. The number of aromatic hydroxyl groups is 1. The molecule has 0 heterocycles. The fourth-order valence-electron chi connectivity index (χ4n) is 1.50. The van der Waals surface area contributed by atoms with Gasteiger partial charge < -0.3 is 15.7 Å². The van der Waals surface area contributed by atoms with Crippen LogP contribution in [0.25, 0.3) is 0 Å². The molecule has 2 amide bonds. The normalized spacial score (nSPS) is 10.9. The van der Waals surface area contributed by atoms with Crippen LogP contribution >= 0.6 is 0 Å². The van der Waals surface area contributed by atoms with E-state index < -0.39 is 0 Å². The van der Waals surface area contributed by atoms with Gasteiger partial charge in [-0.3, -0.25) is 9.59 Å². The van der Waals surface area contributed by atoms with Crippen molar-refractivity contribution in [2.45, 2.75) is 32.7 Å². The molecular formula is C14H20N2O3. The van der Waals surface area contributed by atoms with Gasteiger partial charge in [-0.05, 0) is 38.5 Å². The zero-order valence-corrected chi connectivity index (χ0v) is 11.5. The highest BCUT2D eigenvalue weighted by Gasteiger charge is 2.14. The van der Waals surface area contributed by atoms with E-state index in [1.807, 2.05) is 20.8 Å². The lowest BCUT2D eigenvalue weighted by atomic mass is 10.1. The molecule has 5 heteroatoms. The molecule has 0 spiro atoms. The maximum absolute atomic E-state index is 11.6. The van der Waals surface area contributed by atoms with Crippen molar-refractivity contribution in [2.75, 3.05) is 6.54 Å². The maximum Gasteiger partial charge on any atom is 0.239 e.